The topological polar surface area (TPSA) is 32.3 Å². The standard InChI is InChI=1S/C11H20N2O/c1-13(2)11(14)10-7-8-5-3-4-6-9(8)12-10/h8-10,12H,3-7H2,1-2H3. The highest BCUT2D eigenvalue weighted by atomic mass is 16.2. The molecule has 3 unspecified atom stereocenters. The zero-order chi connectivity index (χ0) is 10.1. The van der Waals surface area contributed by atoms with Crippen molar-refractivity contribution in [2.75, 3.05) is 14.1 Å². The first-order valence-electron chi connectivity index (χ1n) is 5.65. The van der Waals surface area contributed by atoms with E-state index in [0.717, 1.165) is 12.3 Å². The molecule has 80 valence electrons. The molecule has 3 heteroatoms. The predicted molar refractivity (Wildman–Crippen MR) is 56.0 cm³/mol. The van der Waals surface area contributed by atoms with Crippen LogP contribution in [0.4, 0.5) is 0 Å². The largest absolute Gasteiger partial charge is 0.347 e. The van der Waals surface area contributed by atoms with Gasteiger partial charge in [0, 0.05) is 20.1 Å². The third-order valence-corrected chi connectivity index (χ3v) is 3.60. The summed E-state index contributed by atoms with van der Waals surface area (Å²) in [5.41, 5.74) is 0. The molecule has 0 aromatic heterocycles. The van der Waals surface area contributed by atoms with Gasteiger partial charge in [-0.05, 0) is 25.2 Å². The van der Waals surface area contributed by atoms with Gasteiger partial charge in [-0.2, -0.15) is 0 Å². The van der Waals surface area contributed by atoms with Crippen LogP contribution in [-0.4, -0.2) is 37.0 Å². The molecule has 1 aliphatic carbocycles. The zero-order valence-electron chi connectivity index (χ0n) is 9.12. The van der Waals surface area contributed by atoms with Crippen molar-refractivity contribution < 1.29 is 4.79 Å². The lowest BCUT2D eigenvalue weighted by molar-refractivity contribution is -0.130. The van der Waals surface area contributed by atoms with Crippen LogP contribution in [0.3, 0.4) is 0 Å². The molecule has 1 saturated heterocycles. The van der Waals surface area contributed by atoms with Gasteiger partial charge in [-0.3, -0.25) is 4.79 Å². The quantitative estimate of drug-likeness (QED) is 0.678. The maximum Gasteiger partial charge on any atom is 0.239 e. The van der Waals surface area contributed by atoms with Crippen LogP contribution in [0.5, 0.6) is 0 Å². The monoisotopic (exact) mass is 196 g/mol. The van der Waals surface area contributed by atoms with E-state index in [1.54, 1.807) is 4.90 Å². The van der Waals surface area contributed by atoms with Crippen molar-refractivity contribution >= 4 is 5.91 Å². The van der Waals surface area contributed by atoms with Crippen LogP contribution >= 0.6 is 0 Å². The Morgan fingerprint density at radius 1 is 1.29 bits per heavy atom. The van der Waals surface area contributed by atoms with Crippen LogP contribution in [0.15, 0.2) is 0 Å². The van der Waals surface area contributed by atoms with Crippen LogP contribution < -0.4 is 5.32 Å². The Bertz CT molecular complexity index is 213. The third kappa shape index (κ3) is 1.78. The number of hydrogen-bond donors (Lipinski definition) is 1. The van der Waals surface area contributed by atoms with E-state index in [1.165, 1.54) is 25.7 Å². The lowest BCUT2D eigenvalue weighted by Crippen LogP contribution is -2.42. The normalized spacial score (nSPS) is 36.6. The van der Waals surface area contributed by atoms with E-state index in [4.69, 9.17) is 0 Å². The summed E-state index contributed by atoms with van der Waals surface area (Å²) >= 11 is 0. The van der Waals surface area contributed by atoms with Crippen molar-refractivity contribution in [3.8, 4) is 0 Å². The second kappa shape index (κ2) is 3.89. The van der Waals surface area contributed by atoms with Gasteiger partial charge in [0.2, 0.25) is 5.91 Å². The fraction of sp³-hybridized carbons (Fsp3) is 0.909. The van der Waals surface area contributed by atoms with Crippen molar-refractivity contribution in [3.63, 3.8) is 0 Å². The van der Waals surface area contributed by atoms with Gasteiger partial charge in [0.05, 0.1) is 6.04 Å². The van der Waals surface area contributed by atoms with Crippen LogP contribution in [0.2, 0.25) is 0 Å². The second-order valence-corrected chi connectivity index (χ2v) is 4.84. The number of fused-ring (bicyclic) bond motifs is 1. The lowest BCUT2D eigenvalue weighted by atomic mass is 9.85. The fourth-order valence-electron chi connectivity index (χ4n) is 2.82. The summed E-state index contributed by atoms with van der Waals surface area (Å²) < 4.78 is 0. The van der Waals surface area contributed by atoms with E-state index in [0.29, 0.717) is 6.04 Å². The zero-order valence-corrected chi connectivity index (χ0v) is 9.12. The number of amides is 1. The Hall–Kier alpha value is -0.570. The Balaban J connectivity index is 1.95. The first-order chi connectivity index (χ1) is 6.68. The molecule has 0 aromatic carbocycles. The SMILES string of the molecule is CN(C)C(=O)C1CC2CCCCC2N1. The molecule has 0 bridgehead atoms. The van der Waals surface area contributed by atoms with Gasteiger partial charge < -0.3 is 10.2 Å². The highest BCUT2D eigenvalue weighted by molar-refractivity contribution is 5.81. The number of carbonyl (C=O) groups is 1. The molecule has 1 aliphatic heterocycles. The molecule has 3 atom stereocenters. The molecule has 2 aliphatic rings. The minimum Gasteiger partial charge on any atom is -0.347 e. The molecule has 0 aromatic rings. The number of hydrogen-bond acceptors (Lipinski definition) is 2. The van der Waals surface area contributed by atoms with Gasteiger partial charge >= 0.3 is 0 Å². The van der Waals surface area contributed by atoms with Gasteiger partial charge in [0.1, 0.15) is 0 Å². The molecular weight excluding hydrogens is 176 g/mol. The highest BCUT2D eigenvalue weighted by Crippen LogP contribution is 2.33. The van der Waals surface area contributed by atoms with E-state index >= 15 is 0 Å². The van der Waals surface area contributed by atoms with Crippen molar-refractivity contribution in [2.24, 2.45) is 5.92 Å². The van der Waals surface area contributed by atoms with Gasteiger partial charge in [-0.25, -0.2) is 0 Å². The number of likely N-dealkylation sites (N-methyl/N-ethyl adjacent to an activating group) is 1. The maximum atomic E-state index is 11.8. The summed E-state index contributed by atoms with van der Waals surface area (Å²) in [6.45, 7) is 0. The lowest BCUT2D eigenvalue weighted by Gasteiger charge is -2.24. The van der Waals surface area contributed by atoms with E-state index in [2.05, 4.69) is 5.32 Å². The Morgan fingerprint density at radius 2 is 2.00 bits per heavy atom. The van der Waals surface area contributed by atoms with Gasteiger partial charge in [0.25, 0.3) is 0 Å². The summed E-state index contributed by atoms with van der Waals surface area (Å²) in [5, 5.41) is 3.48. The molecule has 2 fully saturated rings. The minimum atomic E-state index is 0.0955. The molecular formula is C11H20N2O. The van der Waals surface area contributed by atoms with Crippen LogP contribution in [0.25, 0.3) is 0 Å². The fourth-order valence-corrected chi connectivity index (χ4v) is 2.82. The summed E-state index contributed by atoms with van der Waals surface area (Å²) in [6.07, 6.45) is 6.32. The van der Waals surface area contributed by atoms with Gasteiger partial charge in [-0.15, -0.1) is 0 Å². The van der Waals surface area contributed by atoms with Crippen molar-refractivity contribution in [3.05, 3.63) is 0 Å². The smallest absolute Gasteiger partial charge is 0.239 e. The van der Waals surface area contributed by atoms with Crippen LogP contribution in [0, 0.1) is 5.92 Å². The van der Waals surface area contributed by atoms with Crippen molar-refractivity contribution in [1.29, 1.82) is 0 Å². The van der Waals surface area contributed by atoms with E-state index in [1.807, 2.05) is 14.1 Å². The number of nitrogens with one attached hydrogen (secondary N) is 1. The summed E-state index contributed by atoms with van der Waals surface area (Å²) in [6, 6.07) is 0.718. The summed E-state index contributed by atoms with van der Waals surface area (Å²) in [4.78, 5) is 13.5. The van der Waals surface area contributed by atoms with Crippen molar-refractivity contribution in [2.45, 2.75) is 44.2 Å². The third-order valence-electron chi connectivity index (χ3n) is 3.60. The van der Waals surface area contributed by atoms with Crippen LogP contribution in [0.1, 0.15) is 32.1 Å². The summed E-state index contributed by atoms with van der Waals surface area (Å²) in [7, 11) is 3.68. The van der Waals surface area contributed by atoms with E-state index in [-0.39, 0.29) is 11.9 Å². The first kappa shape index (κ1) is 9.97. The maximum absolute atomic E-state index is 11.8. The van der Waals surface area contributed by atoms with Gasteiger partial charge in [0.15, 0.2) is 0 Å². The second-order valence-electron chi connectivity index (χ2n) is 4.84. The predicted octanol–water partition coefficient (Wildman–Crippen LogP) is 0.995. The molecule has 1 saturated carbocycles. The number of rotatable bonds is 1. The molecule has 1 amide bonds. The van der Waals surface area contributed by atoms with Crippen molar-refractivity contribution in [1.82, 2.24) is 10.2 Å². The molecule has 14 heavy (non-hydrogen) atoms. The van der Waals surface area contributed by atoms with Crippen LogP contribution in [-0.2, 0) is 4.79 Å². The molecule has 2 rings (SSSR count). The van der Waals surface area contributed by atoms with E-state index in [9.17, 15) is 4.79 Å². The first-order valence-corrected chi connectivity index (χ1v) is 5.65. The molecule has 0 radical (unpaired) electrons. The minimum absolute atomic E-state index is 0.0955. The Kier molecular flexibility index (Phi) is 2.77. The average Bonchev–Trinajstić information content (AvgIpc) is 2.59. The molecule has 1 heterocycles. The van der Waals surface area contributed by atoms with Gasteiger partial charge in [-0.1, -0.05) is 12.8 Å². The Labute approximate surface area is 85.8 Å². The molecule has 1 N–H and O–H groups in total. The highest BCUT2D eigenvalue weighted by Gasteiger charge is 2.38. The number of carbonyl (C=O) groups excluding carboxylic acids is 1. The average molecular weight is 196 g/mol. The number of nitrogens with zero attached hydrogens (tertiary/aromatic N) is 1. The molecule has 0 spiro atoms. The Morgan fingerprint density at radius 3 is 2.64 bits per heavy atom. The summed E-state index contributed by atoms with van der Waals surface area (Å²) in [5.74, 6) is 1.01. The molecule has 3 nitrogen and oxygen atoms in total. The van der Waals surface area contributed by atoms with E-state index < -0.39 is 0 Å².